The molecule has 1 rings (SSSR count). The minimum absolute atomic E-state index is 0.00716. The molecule has 0 heterocycles. The van der Waals surface area contributed by atoms with Crippen LogP contribution in [0.25, 0.3) is 0 Å². The van der Waals surface area contributed by atoms with Crippen molar-refractivity contribution in [2.75, 3.05) is 26.3 Å². The van der Waals surface area contributed by atoms with Crippen LogP contribution in [0.2, 0.25) is 10.0 Å². The van der Waals surface area contributed by atoms with E-state index in [0.717, 1.165) is 0 Å². The zero-order chi connectivity index (χ0) is 15.9. The number of hydrogen-bond acceptors (Lipinski definition) is 4. The Labute approximate surface area is 134 Å². The molecular formula is C13H16Cl2N2O3S. The van der Waals surface area contributed by atoms with E-state index in [9.17, 15) is 8.42 Å². The fourth-order valence-corrected chi connectivity index (χ4v) is 3.73. The Morgan fingerprint density at radius 1 is 1.33 bits per heavy atom. The van der Waals surface area contributed by atoms with Gasteiger partial charge in [-0.25, -0.2) is 13.1 Å². The molecule has 0 aliphatic heterocycles. The molecule has 5 nitrogen and oxygen atoms in total. The van der Waals surface area contributed by atoms with Gasteiger partial charge in [-0.1, -0.05) is 35.0 Å². The fraction of sp³-hybridized carbons (Fsp3) is 0.385. The third-order valence-corrected chi connectivity index (χ3v) is 4.73. The van der Waals surface area contributed by atoms with Gasteiger partial charge in [-0.05, 0) is 19.1 Å². The topological polar surface area (TPSA) is 81.4 Å². The van der Waals surface area contributed by atoms with E-state index in [1.807, 2.05) is 6.92 Å². The van der Waals surface area contributed by atoms with Gasteiger partial charge in [-0.15, -0.1) is 0 Å². The number of halogens is 2. The molecule has 116 valence electrons. The first-order valence-electron chi connectivity index (χ1n) is 6.17. The van der Waals surface area contributed by atoms with E-state index >= 15 is 0 Å². The molecular weight excluding hydrogens is 335 g/mol. The Kier molecular flexibility index (Phi) is 7.46. The van der Waals surface area contributed by atoms with Gasteiger partial charge in [-0.2, -0.15) is 0 Å². The highest BCUT2D eigenvalue weighted by Gasteiger charge is 2.22. The van der Waals surface area contributed by atoms with E-state index in [4.69, 9.17) is 33.7 Å². The molecule has 0 saturated carbocycles. The summed E-state index contributed by atoms with van der Waals surface area (Å²) in [5, 5.41) is 0.0143. The smallest absolute Gasteiger partial charge is 0.243 e. The Morgan fingerprint density at radius 2 is 1.95 bits per heavy atom. The lowest BCUT2D eigenvalue weighted by Crippen LogP contribution is -2.28. The first kappa shape index (κ1) is 18.2. The van der Waals surface area contributed by atoms with Crippen molar-refractivity contribution in [3.05, 3.63) is 27.7 Å². The van der Waals surface area contributed by atoms with Gasteiger partial charge < -0.3 is 10.5 Å². The van der Waals surface area contributed by atoms with Crippen molar-refractivity contribution in [1.29, 1.82) is 0 Å². The minimum Gasteiger partial charge on any atom is -0.380 e. The van der Waals surface area contributed by atoms with E-state index in [0.29, 0.717) is 12.2 Å². The first-order valence-corrected chi connectivity index (χ1v) is 8.41. The van der Waals surface area contributed by atoms with E-state index < -0.39 is 10.0 Å². The normalized spacial score (nSPS) is 11.0. The van der Waals surface area contributed by atoms with Crippen molar-refractivity contribution in [2.24, 2.45) is 5.73 Å². The maximum atomic E-state index is 12.2. The van der Waals surface area contributed by atoms with Crippen LogP contribution in [-0.4, -0.2) is 34.7 Å². The van der Waals surface area contributed by atoms with Gasteiger partial charge in [0, 0.05) is 18.7 Å². The quantitative estimate of drug-likeness (QED) is 0.603. The van der Waals surface area contributed by atoms with E-state index in [1.54, 1.807) is 0 Å². The first-order chi connectivity index (χ1) is 9.92. The lowest BCUT2D eigenvalue weighted by atomic mass is 10.2. The predicted octanol–water partition coefficient (Wildman–Crippen LogP) is 1.62. The van der Waals surface area contributed by atoms with Gasteiger partial charge in [0.2, 0.25) is 10.0 Å². The number of hydrogen-bond donors (Lipinski definition) is 2. The number of sulfonamides is 1. The largest absolute Gasteiger partial charge is 0.380 e. The van der Waals surface area contributed by atoms with E-state index in [2.05, 4.69) is 16.6 Å². The average Bonchev–Trinajstić information content (AvgIpc) is 2.40. The molecule has 0 radical (unpaired) electrons. The van der Waals surface area contributed by atoms with Crippen LogP contribution in [0.5, 0.6) is 0 Å². The molecule has 0 bridgehead atoms. The van der Waals surface area contributed by atoms with Crippen LogP contribution in [0.15, 0.2) is 17.0 Å². The molecule has 0 atom stereocenters. The summed E-state index contributed by atoms with van der Waals surface area (Å²) in [5.74, 6) is 5.39. The van der Waals surface area contributed by atoms with Crippen LogP contribution in [0.3, 0.4) is 0 Å². The summed E-state index contributed by atoms with van der Waals surface area (Å²) < 4.78 is 31.8. The van der Waals surface area contributed by atoms with Gasteiger partial charge in [0.05, 0.1) is 23.2 Å². The Balaban J connectivity index is 3.02. The number of ether oxygens (including phenoxy) is 1. The summed E-state index contributed by atoms with van der Waals surface area (Å²) in [6.07, 6.45) is 0. The molecule has 0 unspecified atom stereocenters. The van der Waals surface area contributed by atoms with Crippen molar-refractivity contribution >= 4 is 33.2 Å². The summed E-state index contributed by atoms with van der Waals surface area (Å²) >= 11 is 12.0. The lowest BCUT2D eigenvalue weighted by molar-refractivity contribution is 0.153. The molecule has 8 heteroatoms. The van der Waals surface area contributed by atoms with Crippen LogP contribution in [0.1, 0.15) is 12.5 Å². The van der Waals surface area contributed by atoms with Gasteiger partial charge in [-0.3, -0.25) is 0 Å². The molecule has 21 heavy (non-hydrogen) atoms. The second kappa shape index (κ2) is 8.59. The molecule has 0 aliphatic rings. The van der Waals surface area contributed by atoms with Crippen LogP contribution < -0.4 is 10.5 Å². The van der Waals surface area contributed by atoms with E-state index in [1.165, 1.54) is 12.1 Å². The maximum Gasteiger partial charge on any atom is 0.243 e. The van der Waals surface area contributed by atoms with Gasteiger partial charge in [0.15, 0.2) is 0 Å². The summed E-state index contributed by atoms with van der Waals surface area (Å²) in [5.41, 5.74) is 5.78. The van der Waals surface area contributed by atoms with Crippen molar-refractivity contribution < 1.29 is 13.2 Å². The second-order valence-electron chi connectivity index (χ2n) is 3.87. The zero-order valence-electron chi connectivity index (χ0n) is 11.4. The molecule has 0 amide bonds. The van der Waals surface area contributed by atoms with Gasteiger partial charge in [0.25, 0.3) is 0 Å². The number of benzene rings is 1. The lowest BCUT2D eigenvalue weighted by Gasteiger charge is -2.10. The maximum absolute atomic E-state index is 12.2. The highest BCUT2D eigenvalue weighted by molar-refractivity contribution is 7.89. The Morgan fingerprint density at radius 3 is 2.48 bits per heavy atom. The molecule has 0 aliphatic carbocycles. The summed E-state index contributed by atoms with van der Waals surface area (Å²) in [6, 6.07) is 2.88. The number of nitrogens with one attached hydrogen (secondary N) is 1. The molecule has 1 aromatic rings. The standard InChI is InChI=1S/C13H16Cl2N2O3S/c1-2-20-7-6-17-21(18,19)13-11(14)8-10(4-3-5-16)9-12(13)15/h8-9,17H,2,5-7,16H2,1H3. The molecule has 0 fully saturated rings. The van der Waals surface area contributed by atoms with Gasteiger partial charge >= 0.3 is 0 Å². The highest BCUT2D eigenvalue weighted by Crippen LogP contribution is 2.30. The van der Waals surface area contributed by atoms with Crippen molar-refractivity contribution in [1.82, 2.24) is 4.72 Å². The van der Waals surface area contributed by atoms with E-state index in [-0.39, 0.29) is 34.6 Å². The number of nitrogens with two attached hydrogens (primary N) is 1. The monoisotopic (exact) mass is 350 g/mol. The van der Waals surface area contributed by atoms with Crippen LogP contribution in [0.4, 0.5) is 0 Å². The third-order valence-electron chi connectivity index (χ3n) is 2.34. The summed E-state index contributed by atoms with van der Waals surface area (Å²) in [4.78, 5) is -0.166. The molecule has 0 aromatic heterocycles. The molecule has 0 saturated heterocycles. The minimum atomic E-state index is -3.81. The zero-order valence-corrected chi connectivity index (χ0v) is 13.8. The van der Waals surface area contributed by atoms with Crippen molar-refractivity contribution in [3.8, 4) is 11.8 Å². The Bertz CT molecular complexity index is 628. The highest BCUT2D eigenvalue weighted by atomic mass is 35.5. The fourth-order valence-electron chi connectivity index (χ4n) is 1.51. The molecule has 0 spiro atoms. The van der Waals surface area contributed by atoms with Crippen LogP contribution in [0, 0.1) is 11.8 Å². The van der Waals surface area contributed by atoms with Gasteiger partial charge in [0.1, 0.15) is 4.90 Å². The van der Waals surface area contributed by atoms with Crippen LogP contribution in [-0.2, 0) is 14.8 Å². The van der Waals surface area contributed by atoms with Crippen molar-refractivity contribution in [2.45, 2.75) is 11.8 Å². The predicted molar refractivity (Wildman–Crippen MR) is 84.1 cm³/mol. The third kappa shape index (κ3) is 5.47. The second-order valence-corrected chi connectivity index (χ2v) is 6.39. The SMILES string of the molecule is CCOCCNS(=O)(=O)c1c(Cl)cc(C#CCN)cc1Cl. The summed E-state index contributed by atoms with van der Waals surface area (Å²) in [6.45, 7) is 2.93. The Hall–Kier alpha value is -0.810. The number of rotatable bonds is 6. The summed E-state index contributed by atoms with van der Waals surface area (Å²) in [7, 11) is -3.81. The average molecular weight is 351 g/mol. The molecule has 1 aromatic carbocycles. The van der Waals surface area contributed by atoms with Crippen molar-refractivity contribution in [3.63, 3.8) is 0 Å². The molecule has 3 N–H and O–H groups in total. The van der Waals surface area contributed by atoms with Crippen LogP contribution >= 0.6 is 23.2 Å².